The third kappa shape index (κ3) is 6.00. The molecule has 1 aromatic carbocycles. The van der Waals surface area contributed by atoms with Crippen molar-refractivity contribution in [2.75, 3.05) is 25.5 Å². The number of hydrogen-bond donors (Lipinski definition) is 2. The van der Waals surface area contributed by atoms with Crippen molar-refractivity contribution in [3.05, 3.63) is 74.7 Å². The van der Waals surface area contributed by atoms with E-state index in [1.54, 1.807) is 30.0 Å². The standard InChI is InChI=1S/C28H28Cl2F3N7O3/c1-14-8-21-18(11-38(14)26(42)16-4-6-19(29)20(30)9-16)24-27(43)39(12-22(25(41)34-3)40(24)37-21)15(2)17-5-7-23(35-10-17)36-13-28(31,32)33/h4-7,9-10,14-15,22H,8,11-13H2,1-3H3,(H,34,41)(H,35,36)/t14-,15-,22+/m1/s1. The number of pyridine rings is 1. The van der Waals surface area contributed by atoms with E-state index in [9.17, 15) is 27.6 Å². The van der Waals surface area contributed by atoms with Crippen molar-refractivity contribution in [2.45, 2.75) is 51.1 Å². The number of carbonyl (C=O) groups excluding carboxylic acids is 3. The summed E-state index contributed by atoms with van der Waals surface area (Å²) < 4.78 is 39.2. The van der Waals surface area contributed by atoms with Crippen LogP contribution in [0.5, 0.6) is 0 Å². The van der Waals surface area contributed by atoms with E-state index >= 15 is 0 Å². The minimum absolute atomic E-state index is 0.00276. The zero-order valence-electron chi connectivity index (χ0n) is 23.4. The lowest BCUT2D eigenvalue weighted by molar-refractivity contribution is -0.125. The maximum atomic E-state index is 14.1. The van der Waals surface area contributed by atoms with Crippen molar-refractivity contribution >= 4 is 46.7 Å². The highest BCUT2D eigenvalue weighted by atomic mass is 35.5. The van der Waals surface area contributed by atoms with Gasteiger partial charge in [-0.3, -0.25) is 14.4 Å². The van der Waals surface area contributed by atoms with Gasteiger partial charge in [-0.2, -0.15) is 18.3 Å². The quantitative estimate of drug-likeness (QED) is 0.407. The van der Waals surface area contributed by atoms with Crippen LogP contribution in [-0.4, -0.2) is 74.6 Å². The molecule has 0 unspecified atom stereocenters. The van der Waals surface area contributed by atoms with Gasteiger partial charge in [-0.15, -0.1) is 0 Å². The predicted octanol–water partition coefficient (Wildman–Crippen LogP) is 4.65. The third-order valence-electron chi connectivity index (χ3n) is 7.75. The van der Waals surface area contributed by atoms with E-state index in [4.69, 9.17) is 23.2 Å². The Morgan fingerprint density at radius 1 is 1.16 bits per heavy atom. The number of fused-ring (bicyclic) bond motifs is 3. The fraction of sp³-hybridized carbons (Fsp3) is 0.393. The number of carbonyl (C=O) groups is 3. The summed E-state index contributed by atoms with van der Waals surface area (Å²) in [4.78, 5) is 47.8. The molecule has 0 fully saturated rings. The number of hydrogen-bond acceptors (Lipinski definition) is 6. The average molecular weight is 638 g/mol. The summed E-state index contributed by atoms with van der Waals surface area (Å²) in [5, 5.41) is 10.1. The summed E-state index contributed by atoms with van der Waals surface area (Å²) in [5.74, 6) is -1.00. The van der Waals surface area contributed by atoms with Crippen LogP contribution < -0.4 is 10.6 Å². The highest BCUT2D eigenvalue weighted by molar-refractivity contribution is 6.42. The second kappa shape index (κ2) is 11.7. The number of amides is 3. The monoisotopic (exact) mass is 637 g/mol. The van der Waals surface area contributed by atoms with E-state index < -0.39 is 30.7 Å². The Labute approximate surface area is 255 Å². The molecule has 3 amide bonds. The average Bonchev–Trinajstić information content (AvgIpc) is 3.34. The summed E-state index contributed by atoms with van der Waals surface area (Å²) >= 11 is 12.2. The molecule has 3 atom stereocenters. The molecule has 4 heterocycles. The van der Waals surface area contributed by atoms with Crippen LogP contribution >= 0.6 is 23.2 Å². The lowest BCUT2D eigenvalue weighted by Gasteiger charge is -2.38. The second-order valence-electron chi connectivity index (χ2n) is 10.5. The summed E-state index contributed by atoms with van der Waals surface area (Å²) in [6.45, 7) is 2.48. The fourth-order valence-corrected chi connectivity index (χ4v) is 5.68. The van der Waals surface area contributed by atoms with E-state index in [-0.39, 0.29) is 47.5 Å². The molecule has 43 heavy (non-hydrogen) atoms. The molecule has 0 bridgehead atoms. The first-order valence-electron chi connectivity index (χ1n) is 13.4. The molecule has 0 saturated carbocycles. The van der Waals surface area contributed by atoms with Gasteiger partial charge in [-0.25, -0.2) is 9.67 Å². The molecule has 0 saturated heterocycles. The first kappa shape index (κ1) is 30.6. The summed E-state index contributed by atoms with van der Waals surface area (Å²) in [5.41, 5.74) is 2.29. The minimum Gasteiger partial charge on any atom is -0.361 e. The van der Waals surface area contributed by atoms with Gasteiger partial charge in [0.2, 0.25) is 5.91 Å². The number of nitrogens with zero attached hydrogens (tertiary/aromatic N) is 5. The van der Waals surface area contributed by atoms with Crippen molar-refractivity contribution in [3.8, 4) is 0 Å². The van der Waals surface area contributed by atoms with Gasteiger partial charge in [0.1, 0.15) is 24.1 Å². The van der Waals surface area contributed by atoms with Crippen molar-refractivity contribution in [2.24, 2.45) is 0 Å². The number of aromatic nitrogens is 3. The second-order valence-corrected chi connectivity index (χ2v) is 11.4. The largest absolute Gasteiger partial charge is 0.405 e. The number of halogens is 5. The van der Waals surface area contributed by atoms with Gasteiger partial charge in [-0.1, -0.05) is 29.3 Å². The van der Waals surface area contributed by atoms with Crippen molar-refractivity contribution < 1.29 is 27.6 Å². The van der Waals surface area contributed by atoms with Crippen LogP contribution in [0.1, 0.15) is 63.6 Å². The van der Waals surface area contributed by atoms with Crippen LogP contribution in [0.3, 0.4) is 0 Å². The SMILES string of the molecule is CNC(=O)[C@@H]1CN([C@H](C)c2ccc(NCC(F)(F)F)nc2)C(=O)c2c3c(nn21)C[C@@H](C)N(C(=O)c1ccc(Cl)c(Cl)c1)C3. The number of anilines is 1. The summed E-state index contributed by atoms with van der Waals surface area (Å²) in [6, 6.07) is 5.92. The molecule has 2 aliphatic rings. The van der Waals surface area contributed by atoms with Gasteiger partial charge in [0.05, 0.1) is 34.9 Å². The van der Waals surface area contributed by atoms with Crippen LogP contribution in [0.25, 0.3) is 0 Å². The maximum Gasteiger partial charge on any atom is 0.405 e. The Balaban J connectivity index is 1.46. The fourth-order valence-electron chi connectivity index (χ4n) is 5.39. The van der Waals surface area contributed by atoms with E-state index in [1.165, 1.54) is 35.0 Å². The number of nitrogens with one attached hydrogen (secondary N) is 2. The molecule has 2 aromatic heterocycles. The smallest absolute Gasteiger partial charge is 0.361 e. The minimum atomic E-state index is -4.40. The van der Waals surface area contributed by atoms with Crippen LogP contribution in [-0.2, 0) is 17.8 Å². The van der Waals surface area contributed by atoms with Crippen LogP contribution in [0.4, 0.5) is 19.0 Å². The van der Waals surface area contributed by atoms with E-state index in [1.807, 2.05) is 6.92 Å². The molecule has 5 rings (SSSR count). The highest BCUT2D eigenvalue weighted by Crippen LogP contribution is 2.36. The van der Waals surface area contributed by atoms with E-state index in [2.05, 4.69) is 20.7 Å². The van der Waals surface area contributed by atoms with Crippen molar-refractivity contribution in [1.82, 2.24) is 29.9 Å². The molecule has 2 N–H and O–H groups in total. The summed E-state index contributed by atoms with van der Waals surface area (Å²) in [7, 11) is 1.49. The molecule has 3 aromatic rings. The van der Waals surface area contributed by atoms with Gasteiger partial charge in [-0.05, 0) is 43.7 Å². The Bertz CT molecular complexity index is 1580. The van der Waals surface area contributed by atoms with Gasteiger partial charge in [0, 0.05) is 36.8 Å². The van der Waals surface area contributed by atoms with Crippen molar-refractivity contribution in [3.63, 3.8) is 0 Å². The van der Waals surface area contributed by atoms with E-state index in [0.717, 1.165) is 0 Å². The van der Waals surface area contributed by atoms with Gasteiger partial charge < -0.3 is 20.4 Å². The lowest BCUT2D eigenvalue weighted by Crippen LogP contribution is -2.49. The first-order valence-corrected chi connectivity index (χ1v) is 14.2. The third-order valence-corrected chi connectivity index (χ3v) is 8.49. The summed E-state index contributed by atoms with van der Waals surface area (Å²) in [6.07, 6.45) is -2.64. The molecule has 228 valence electrons. The topological polar surface area (TPSA) is 112 Å². The van der Waals surface area contributed by atoms with E-state index in [0.29, 0.717) is 33.8 Å². The molecular weight excluding hydrogens is 610 g/mol. The molecule has 10 nitrogen and oxygen atoms in total. The molecule has 0 aliphatic carbocycles. The molecular formula is C28H28Cl2F3N7O3. The molecule has 0 radical (unpaired) electrons. The molecule has 2 aliphatic heterocycles. The van der Waals surface area contributed by atoms with Gasteiger partial charge in [0.15, 0.2) is 0 Å². The number of likely N-dealkylation sites (N-methyl/N-ethyl adjacent to an activating group) is 1. The zero-order valence-corrected chi connectivity index (χ0v) is 24.9. The first-order chi connectivity index (χ1) is 20.3. The number of rotatable bonds is 6. The molecule has 15 heteroatoms. The van der Waals surface area contributed by atoms with Crippen LogP contribution in [0, 0.1) is 0 Å². The maximum absolute atomic E-state index is 14.1. The highest BCUT2D eigenvalue weighted by Gasteiger charge is 2.43. The van der Waals surface area contributed by atoms with Crippen molar-refractivity contribution in [1.29, 1.82) is 0 Å². The number of benzene rings is 1. The Morgan fingerprint density at radius 2 is 1.91 bits per heavy atom. The zero-order chi connectivity index (χ0) is 31.2. The van der Waals surface area contributed by atoms with Crippen LogP contribution in [0.15, 0.2) is 36.5 Å². The van der Waals surface area contributed by atoms with Gasteiger partial charge in [0.25, 0.3) is 11.8 Å². The Morgan fingerprint density at radius 3 is 2.53 bits per heavy atom. The number of alkyl halides is 3. The normalized spacial score (nSPS) is 19.0. The molecule has 0 spiro atoms. The predicted molar refractivity (Wildman–Crippen MR) is 153 cm³/mol. The Hall–Kier alpha value is -3.84. The lowest BCUT2D eigenvalue weighted by atomic mass is 9.96. The Kier molecular flexibility index (Phi) is 8.32. The van der Waals surface area contributed by atoms with Crippen LogP contribution in [0.2, 0.25) is 10.0 Å². The van der Waals surface area contributed by atoms with Gasteiger partial charge >= 0.3 is 6.18 Å².